The molecule has 0 atom stereocenters. The molecule has 0 unspecified atom stereocenters. The minimum Gasteiger partial charge on any atom is -0.392 e. The van der Waals surface area contributed by atoms with Gasteiger partial charge in [-0.1, -0.05) is 53.5 Å². The molecule has 2 aromatic rings. The number of halogens is 2. The molecule has 7 heteroatoms. The van der Waals surface area contributed by atoms with Crippen molar-refractivity contribution in [3.63, 3.8) is 0 Å². The van der Waals surface area contributed by atoms with Crippen molar-refractivity contribution in [2.75, 3.05) is 4.72 Å². The minimum absolute atomic E-state index is 0.0828. The number of hydrogen-bond donors (Lipinski definition) is 2. The van der Waals surface area contributed by atoms with Gasteiger partial charge in [0.05, 0.1) is 28.1 Å². The van der Waals surface area contributed by atoms with Gasteiger partial charge in [0, 0.05) is 0 Å². The van der Waals surface area contributed by atoms with Crippen molar-refractivity contribution in [1.29, 1.82) is 0 Å². The van der Waals surface area contributed by atoms with Gasteiger partial charge in [-0.2, -0.15) is 0 Å². The molecule has 0 radical (unpaired) electrons. The Bertz CT molecular complexity index is 710. The third-order valence-corrected chi connectivity index (χ3v) is 4.64. The van der Waals surface area contributed by atoms with Crippen molar-refractivity contribution >= 4 is 38.9 Å². The molecule has 2 aromatic carbocycles. The quantitative estimate of drug-likeness (QED) is 0.872. The molecule has 0 bridgehead atoms. The molecule has 0 aliphatic rings. The van der Waals surface area contributed by atoms with Gasteiger partial charge in [0.1, 0.15) is 0 Å². The van der Waals surface area contributed by atoms with E-state index in [-0.39, 0.29) is 28.1 Å². The summed E-state index contributed by atoms with van der Waals surface area (Å²) in [7, 11) is -3.63. The highest BCUT2D eigenvalue weighted by Crippen LogP contribution is 2.31. The normalized spacial score (nSPS) is 11.4. The first-order valence-electron chi connectivity index (χ1n) is 6.04. The maximum Gasteiger partial charge on any atom is 0.237 e. The fourth-order valence-corrected chi connectivity index (χ4v) is 3.59. The first-order chi connectivity index (χ1) is 9.91. The zero-order chi connectivity index (χ0) is 15.5. The number of aliphatic hydroxyl groups excluding tert-OH is 1. The Morgan fingerprint density at radius 3 is 2.00 bits per heavy atom. The topological polar surface area (TPSA) is 66.4 Å². The van der Waals surface area contributed by atoms with E-state index in [9.17, 15) is 8.42 Å². The smallest absolute Gasteiger partial charge is 0.237 e. The van der Waals surface area contributed by atoms with Crippen molar-refractivity contribution in [3.8, 4) is 0 Å². The molecule has 0 fully saturated rings. The molecular formula is C14H13Cl2NO3S. The summed E-state index contributed by atoms with van der Waals surface area (Å²) in [5, 5.41) is 9.43. The third kappa shape index (κ3) is 4.35. The Kier molecular flexibility index (Phi) is 5.11. The monoisotopic (exact) mass is 345 g/mol. The number of aliphatic hydroxyl groups is 1. The molecule has 0 saturated heterocycles. The van der Waals surface area contributed by atoms with Gasteiger partial charge in [0.25, 0.3) is 0 Å². The number of rotatable bonds is 5. The fraction of sp³-hybridized carbons (Fsp3) is 0.143. The molecule has 4 nitrogen and oxygen atoms in total. The number of sulfonamides is 1. The van der Waals surface area contributed by atoms with Crippen LogP contribution in [0.2, 0.25) is 10.0 Å². The van der Waals surface area contributed by atoms with Crippen LogP contribution in [0, 0.1) is 0 Å². The highest BCUT2D eigenvalue weighted by molar-refractivity contribution is 7.91. The second-order valence-corrected chi connectivity index (χ2v) is 6.97. The van der Waals surface area contributed by atoms with E-state index in [1.54, 1.807) is 42.5 Å². The Morgan fingerprint density at radius 2 is 1.48 bits per heavy atom. The van der Waals surface area contributed by atoms with Crippen LogP contribution >= 0.6 is 23.2 Å². The van der Waals surface area contributed by atoms with Gasteiger partial charge in [-0.25, -0.2) is 8.42 Å². The Labute approximate surface area is 133 Å². The van der Waals surface area contributed by atoms with Crippen LogP contribution in [0.4, 0.5) is 5.69 Å². The highest BCUT2D eigenvalue weighted by atomic mass is 35.5. The zero-order valence-corrected chi connectivity index (χ0v) is 13.2. The van der Waals surface area contributed by atoms with Crippen LogP contribution in [-0.4, -0.2) is 13.5 Å². The van der Waals surface area contributed by atoms with Crippen molar-refractivity contribution in [3.05, 3.63) is 63.6 Å². The molecule has 0 aromatic heterocycles. The first-order valence-corrected chi connectivity index (χ1v) is 8.45. The van der Waals surface area contributed by atoms with E-state index in [4.69, 9.17) is 28.3 Å². The predicted molar refractivity (Wildman–Crippen MR) is 85.1 cm³/mol. The Balaban J connectivity index is 2.18. The van der Waals surface area contributed by atoms with E-state index in [0.717, 1.165) is 5.56 Å². The summed E-state index contributed by atoms with van der Waals surface area (Å²) < 4.78 is 26.7. The molecule has 112 valence electrons. The van der Waals surface area contributed by atoms with Gasteiger partial charge in [-0.3, -0.25) is 4.72 Å². The number of benzene rings is 2. The zero-order valence-electron chi connectivity index (χ0n) is 10.9. The van der Waals surface area contributed by atoms with E-state index in [1.807, 2.05) is 0 Å². The lowest BCUT2D eigenvalue weighted by atomic mass is 10.2. The van der Waals surface area contributed by atoms with Crippen LogP contribution in [0.3, 0.4) is 0 Å². The SMILES string of the molecule is O=S(=O)(Cc1ccc(CO)cc1)Nc1c(Cl)cccc1Cl. The largest absolute Gasteiger partial charge is 0.392 e. The summed E-state index contributed by atoms with van der Waals surface area (Å²) in [6.45, 7) is -0.0828. The van der Waals surface area contributed by atoms with Gasteiger partial charge in [-0.15, -0.1) is 0 Å². The standard InChI is InChI=1S/C14H13Cl2NO3S/c15-12-2-1-3-13(16)14(12)17-21(19,20)9-11-6-4-10(8-18)5-7-11/h1-7,17-18H,8-9H2. The van der Waals surface area contributed by atoms with Crippen LogP contribution in [-0.2, 0) is 22.4 Å². The number of anilines is 1. The fourth-order valence-electron chi connectivity index (χ4n) is 1.75. The van der Waals surface area contributed by atoms with E-state index in [2.05, 4.69) is 4.72 Å². The van der Waals surface area contributed by atoms with Crippen LogP contribution < -0.4 is 4.72 Å². The van der Waals surface area contributed by atoms with Crippen LogP contribution in [0.15, 0.2) is 42.5 Å². The minimum atomic E-state index is -3.63. The van der Waals surface area contributed by atoms with Crippen molar-refractivity contribution in [2.45, 2.75) is 12.4 Å². The van der Waals surface area contributed by atoms with E-state index < -0.39 is 10.0 Å². The van der Waals surface area contributed by atoms with E-state index >= 15 is 0 Å². The first kappa shape index (κ1) is 16.1. The van der Waals surface area contributed by atoms with Crippen molar-refractivity contribution in [2.24, 2.45) is 0 Å². The Morgan fingerprint density at radius 1 is 0.952 bits per heavy atom. The van der Waals surface area contributed by atoms with Gasteiger partial charge in [0.2, 0.25) is 10.0 Å². The molecule has 2 rings (SSSR count). The van der Waals surface area contributed by atoms with Gasteiger partial charge in [-0.05, 0) is 23.3 Å². The molecule has 0 aliphatic carbocycles. The van der Waals surface area contributed by atoms with Crippen LogP contribution in [0.1, 0.15) is 11.1 Å². The summed E-state index contributed by atoms with van der Waals surface area (Å²) in [5.74, 6) is -0.208. The molecular weight excluding hydrogens is 333 g/mol. The predicted octanol–water partition coefficient (Wildman–Crippen LogP) is 3.43. The second-order valence-electron chi connectivity index (χ2n) is 4.43. The lowest BCUT2D eigenvalue weighted by molar-refractivity contribution is 0.282. The molecule has 0 spiro atoms. The highest BCUT2D eigenvalue weighted by Gasteiger charge is 2.15. The lowest BCUT2D eigenvalue weighted by Gasteiger charge is -2.11. The van der Waals surface area contributed by atoms with Crippen molar-refractivity contribution in [1.82, 2.24) is 0 Å². The summed E-state index contributed by atoms with van der Waals surface area (Å²) in [5.41, 5.74) is 1.49. The van der Waals surface area contributed by atoms with Gasteiger partial charge >= 0.3 is 0 Å². The molecule has 2 N–H and O–H groups in total. The second kappa shape index (κ2) is 6.66. The molecule has 0 heterocycles. The average molecular weight is 346 g/mol. The molecule has 0 aliphatic heterocycles. The number of para-hydroxylation sites is 1. The lowest BCUT2D eigenvalue weighted by Crippen LogP contribution is -2.15. The average Bonchev–Trinajstić information content (AvgIpc) is 2.43. The summed E-state index contributed by atoms with van der Waals surface area (Å²) in [4.78, 5) is 0. The molecule has 0 amide bonds. The van der Waals surface area contributed by atoms with E-state index in [1.165, 1.54) is 0 Å². The van der Waals surface area contributed by atoms with Crippen LogP contribution in [0.5, 0.6) is 0 Å². The molecule has 0 saturated carbocycles. The van der Waals surface area contributed by atoms with Gasteiger partial charge < -0.3 is 5.11 Å². The van der Waals surface area contributed by atoms with Crippen LogP contribution in [0.25, 0.3) is 0 Å². The maximum absolute atomic E-state index is 12.2. The summed E-state index contributed by atoms with van der Waals surface area (Å²) in [6, 6.07) is 11.4. The summed E-state index contributed by atoms with van der Waals surface area (Å²) in [6.07, 6.45) is 0. The number of nitrogens with one attached hydrogen (secondary N) is 1. The number of hydrogen-bond acceptors (Lipinski definition) is 3. The third-order valence-electron chi connectivity index (χ3n) is 2.78. The van der Waals surface area contributed by atoms with Gasteiger partial charge in [0.15, 0.2) is 0 Å². The Hall–Kier alpha value is -1.27. The molecule has 21 heavy (non-hydrogen) atoms. The van der Waals surface area contributed by atoms with Crippen molar-refractivity contribution < 1.29 is 13.5 Å². The summed E-state index contributed by atoms with van der Waals surface area (Å²) >= 11 is 11.9. The maximum atomic E-state index is 12.2. The van der Waals surface area contributed by atoms with E-state index in [0.29, 0.717) is 5.56 Å².